The molecule has 0 bridgehead atoms. The van der Waals surface area contributed by atoms with Gasteiger partial charge in [0.2, 0.25) is 11.8 Å². The van der Waals surface area contributed by atoms with E-state index >= 15 is 0 Å². The molecule has 0 saturated carbocycles. The van der Waals surface area contributed by atoms with Gasteiger partial charge in [-0.2, -0.15) is 0 Å². The molecule has 0 fully saturated rings. The molecular weight excluding hydrogens is 386 g/mol. The van der Waals surface area contributed by atoms with E-state index in [-0.39, 0.29) is 24.3 Å². The first-order valence-corrected chi connectivity index (χ1v) is 10.6. The molecule has 0 unspecified atom stereocenters. The Bertz CT molecular complexity index is 565. The standard InChI is InChI=1S/C22H41N3O5/c1-14(2)12-17(23-6)21(29)24-19(15(3)4)22(30)25(7)18(13-27)20(28)16(5)10-8-9-11-26/h8-9,13-20,23,26,28H,10-12H2,1-7H3,(H,24,29)/b9-8+/t16-,17+,18-,19+,20-/m1/s1. The monoisotopic (exact) mass is 427 g/mol. The van der Waals surface area contributed by atoms with Crippen LogP contribution < -0.4 is 10.6 Å². The summed E-state index contributed by atoms with van der Waals surface area (Å²) in [4.78, 5) is 38.7. The molecule has 0 aliphatic carbocycles. The average Bonchev–Trinajstić information content (AvgIpc) is 2.69. The first-order valence-electron chi connectivity index (χ1n) is 10.6. The zero-order valence-corrected chi connectivity index (χ0v) is 19.5. The van der Waals surface area contributed by atoms with E-state index in [2.05, 4.69) is 10.6 Å². The third kappa shape index (κ3) is 8.93. The Kier molecular flexibility index (Phi) is 13.4. The largest absolute Gasteiger partial charge is 0.392 e. The van der Waals surface area contributed by atoms with E-state index < -0.39 is 30.1 Å². The highest BCUT2D eigenvalue weighted by atomic mass is 16.3. The minimum Gasteiger partial charge on any atom is -0.392 e. The molecule has 4 N–H and O–H groups in total. The minimum atomic E-state index is -1.07. The normalized spacial score (nSPS) is 16.9. The second kappa shape index (κ2) is 14.3. The quantitative estimate of drug-likeness (QED) is 0.240. The molecule has 2 amide bonds. The van der Waals surface area contributed by atoms with Gasteiger partial charge in [-0.05, 0) is 37.6 Å². The zero-order valence-electron chi connectivity index (χ0n) is 19.5. The third-order valence-corrected chi connectivity index (χ3v) is 5.25. The van der Waals surface area contributed by atoms with Crippen LogP contribution in [0.25, 0.3) is 0 Å². The molecule has 0 aromatic carbocycles. The van der Waals surface area contributed by atoms with Crippen LogP contribution in [0.15, 0.2) is 12.2 Å². The fraction of sp³-hybridized carbons (Fsp3) is 0.773. The van der Waals surface area contributed by atoms with Crippen molar-refractivity contribution in [3.63, 3.8) is 0 Å². The number of aliphatic hydroxyl groups excluding tert-OH is 2. The van der Waals surface area contributed by atoms with Crippen LogP contribution in [0, 0.1) is 17.8 Å². The van der Waals surface area contributed by atoms with Crippen molar-refractivity contribution in [2.24, 2.45) is 17.8 Å². The molecule has 0 rings (SSSR count). The number of rotatable bonds is 14. The summed E-state index contributed by atoms with van der Waals surface area (Å²) in [6.45, 7) is 9.35. The van der Waals surface area contributed by atoms with Crippen molar-refractivity contribution in [1.29, 1.82) is 0 Å². The highest BCUT2D eigenvalue weighted by Gasteiger charge is 2.35. The van der Waals surface area contributed by atoms with Crippen molar-refractivity contribution < 1.29 is 24.6 Å². The number of nitrogens with zero attached hydrogens (tertiary/aromatic N) is 1. The van der Waals surface area contributed by atoms with Gasteiger partial charge in [0.1, 0.15) is 18.4 Å². The van der Waals surface area contributed by atoms with Crippen molar-refractivity contribution in [2.75, 3.05) is 20.7 Å². The Labute approximate surface area is 181 Å². The highest BCUT2D eigenvalue weighted by molar-refractivity contribution is 5.91. The lowest BCUT2D eigenvalue weighted by Gasteiger charge is -2.34. The van der Waals surface area contributed by atoms with Gasteiger partial charge >= 0.3 is 0 Å². The van der Waals surface area contributed by atoms with Gasteiger partial charge in [-0.25, -0.2) is 0 Å². The topological polar surface area (TPSA) is 119 Å². The van der Waals surface area contributed by atoms with Gasteiger partial charge in [0.15, 0.2) is 0 Å². The Balaban J connectivity index is 5.37. The number of carbonyl (C=O) groups excluding carboxylic acids is 3. The van der Waals surface area contributed by atoms with E-state index in [1.807, 2.05) is 27.7 Å². The van der Waals surface area contributed by atoms with Gasteiger partial charge in [-0.3, -0.25) is 9.59 Å². The molecule has 30 heavy (non-hydrogen) atoms. The second-order valence-electron chi connectivity index (χ2n) is 8.63. The van der Waals surface area contributed by atoms with E-state index in [1.54, 1.807) is 26.1 Å². The van der Waals surface area contributed by atoms with Crippen molar-refractivity contribution in [3.05, 3.63) is 12.2 Å². The summed E-state index contributed by atoms with van der Waals surface area (Å²) < 4.78 is 0. The van der Waals surface area contributed by atoms with Crippen LogP contribution in [0.4, 0.5) is 0 Å². The fourth-order valence-corrected chi connectivity index (χ4v) is 3.22. The molecule has 0 radical (unpaired) electrons. The number of hydrogen-bond acceptors (Lipinski definition) is 6. The lowest BCUT2D eigenvalue weighted by Crippen LogP contribution is -2.58. The predicted molar refractivity (Wildman–Crippen MR) is 118 cm³/mol. The number of aliphatic hydroxyl groups is 2. The van der Waals surface area contributed by atoms with Crippen LogP contribution in [0.1, 0.15) is 47.5 Å². The first-order chi connectivity index (χ1) is 14.0. The molecule has 8 nitrogen and oxygen atoms in total. The van der Waals surface area contributed by atoms with Gasteiger partial charge in [-0.1, -0.05) is 46.8 Å². The summed E-state index contributed by atoms with van der Waals surface area (Å²) in [5.41, 5.74) is 0. The van der Waals surface area contributed by atoms with Gasteiger partial charge in [0, 0.05) is 7.05 Å². The third-order valence-electron chi connectivity index (χ3n) is 5.25. The summed E-state index contributed by atoms with van der Waals surface area (Å²) in [7, 11) is 3.17. The number of nitrogens with one attached hydrogen (secondary N) is 2. The maximum Gasteiger partial charge on any atom is 0.245 e. The van der Waals surface area contributed by atoms with E-state index in [1.165, 1.54) is 11.9 Å². The molecule has 174 valence electrons. The molecule has 0 aromatic heterocycles. The molecule has 5 atom stereocenters. The van der Waals surface area contributed by atoms with Crippen molar-refractivity contribution in [2.45, 2.75) is 71.7 Å². The van der Waals surface area contributed by atoms with E-state index in [9.17, 15) is 19.5 Å². The molecule has 8 heteroatoms. The zero-order chi connectivity index (χ0) is 23.4. The molecular formula is C22H41N3O5. The molecule has 0 aliphatic heterocycles. The Morgan fingerprint density at radius 3 is 2.13 bits per heavy atom. The van der Waals surface area contributed by atoms with E-state index in [0.717, 1.165) is 0 Å². The first kappa shape index (κ1) is 28.2. The Morgan fingerprint density at radius 2 is 1.70 bits per heavy atom. The fourth-order valence-electron chi connectivity index (χ4n) is 3.22. The maximum atomic E-state index is 13.1. The van der Waals surface area contributed by atoms with Crippen LogP contribution in [-0.2, 0) is 14.4 Å². The van der Waals surface area contributed by atoms with Gasteiger partial charge in [-0.15, -0.1) is 0 Å². The molecule has 0 spiro atoms. The Morgan fingerprint density at radius 1 is 1.10 bits per heavy atom. The lowest BCUT2D eigenvalue weighted by molar-refractivity contribution is -0.143. The smallest absolute Gasteiger partial charge is 0.245 e. The maximum absolute atomic E-state index is 13.1. The number of hydrogen-bond donors (Lipinski definition) is 4. The van der Waals surface area contributed by atoms with E-state index in [4.69, 9.17) is 5.11 Å². The molecule has 0 aromatic rings. The Hall–Kier alpha value is -1.77. The summed E-state index contributed by atoms with van der Waals surface area (Å²) in [6.07, 6.45) is 3.86. The van der Waals surface area contributed by atoms with Crippen molar-refractivity contribution in [3.8, 4) is 0 Å². The summed E-state index contributed by atoms with van der Waals surface area (Å²) >= 11 is 0. The highest BCUT2D eigenvalue weighted by Crippen LogP contribution is 2.17. The molecule has 0 saturated heterocycles. The van der Waals surface area contributed by atoms with E-state index in [0.29, 0.717) is 25.0 Å². The predicted octanol–water partition coefficient (Wildman–Crippen LogP) is 0.723. The molecule has 0 aliphatic rings. The molecule has 0 heterocycles. The second-order valence-corrected chi connectivity index (χ2v) is 8.63. The van der Waals surface area contributed by atoms with Crippen LogP contribution in [0.3, 0.4) is 0 Å². The SMILES string of the molecule is CN[C@@H](CC(C)C)C(=O)N[C@H](C(=O)N(C)[C@H](C=O)[C@H](O)[C@H](C)C/C=C/CO)C(C)C. The minimum absolute atomic E-state index is 0.0987. The van der Waals surface area contributed by atoms with Crippen molar-refractivity contribution in [1.82, 2.24) is 15.5 Å². The summed E-state index contributed by atoms with van der Waals surface area (Å²) in [6, 6.07) is -2.27. The van der Waals surface area contributed by atoms with Gasteiger partial charge in [0.25, 0.3) is 0 Å². The number of likely N-dealkylation sites (N-methyl/N-ethyl adjacent to an activating group) is 2. The lowest BCUT2D eigenvalue weighted by atomic mass is 9.93. The van der Waals surface area contributed by atoms with Crippen LogP contribution in [0.5, 0.6) is 0 Å². The van der Waals surface area contributed by atoms with Crippen molar-refractivity contribution >= 4 is 18.1 Å². The average molecular weight is 428 g/mol. The van der Waals surface area contributed by atoms with Crippen LogP contribution in [-0.4, -0.2) is 78.1 Å². The number of aldehydes is 1. The van der Waals surface area contributed by atoms with Gasteiger partial charge < -0.3 is 30.5 Å². The summed E-state index contributed by atoms with van der Waals surface area (Å²) in [5.74, 6) is -0.885. The number of allylic oxidation sites excluding steroid dienone is 1. The van der Waals surface area contributed by atoms with Crippen LogP contribution >= 0.6 is 0 Å². The summed E-state index contributed by atoms with van der Waals surface area (Å²) in [5, 5.41) is 25.2. The number of carbonyl (C=O) groups is 3. The van der Waals surface area contributed by atoms with Crippen LogP contribution in [0.2, 0.25) is 0 Å². The number of amides is 2. The van der Waals surface area contributed by atoms with Gasteiger partial charge in [0.05, 0.1) is 18.8 Å².